The maximum Gasteiger partial charge on any atom is 0.239 e. The first-order valence-electron chi connectivity index (χ1n) is 6.63. The van der Waals surface area contributed by atoms with Gasteiger partial charge < -0.3 is 15.4 Å². The molecule has 106 valence electrons. The molecule has 0 aliphatic carbocycles. The predicted octanol–water partition coefficient (Wildman–Crippen LogP) is 0.796. The summed E-state index contributed by atoms with van der Waals surface area (Å²) in [5.41, 5.74) is 1.09. The lowest BCUT2D eigenvalue weighted by Crippen LogP contribution is -2.55. The third-order valence-electron chi connectivity index (χ3n) is 3.31. The Morgan fingerprint density at radius 1 is 1.58 bits per heavy atom. The standard InChI is InChI=1S/C13H21N3O2S/c1-8-10(3)19-11(16-8)4-5-15-13(17)12-9(2)18-7-6-14-12/h9,12,14H,4-7H2,1-3H3,(H,15,17)/t9-,12+/m1/s1. The van der Waals surface area contributed by atoms with Gasteiger partial charge in [-0.3, -0.25) is 4.79 Å². The van der Waals surface area contributed by atoms with Gasteiger partial charge in [-0.1, -0.05) is 0 Å². The summed E-state index contributed by atoms with van der Waals surface area (Å²) < 4.78 is 5.46. The molecule has 0 saturated carbocycles. The quantitative estimate of drug-likeness (QED) is 0.858. The number of thiazole rings is 1. The molecule has 19 heavy (non-hydrogen) atoms. The molecular formula is C13H21N3O2S. The van der Waals surface area contributed by atoms with Crippen molar-refractivity contribution in [3.63, 3.8) is 0 Å². The zero-order valence-electron chi connectivity index (χ0n) is 11.7. The number of aryl methyl sites for hydroxylation is 2. The van der Waals surface area contributed by atoms with Crippen molar-refractivity contribution in [3.8, 4) is 0 Å². The zero-order chi connectivity index (χ0) is 13.8. The molecule has 1 saturated heterocycles. The van der Waals surface area contributed by atoms with E-state index in [1.54, 1.807) is 11.3 Å². The van der Waals surface area contributed by atoms with Crippen LogP contribution in [0.4, 0.5) is 0 Å². The molecule has 0 bridgehead atoms. The monoisotopic (exact) mass is 283 g/mol. The van der Waals surface area contributed by atoms with E-state index in [1.165, 1.54) is 4.88 Å². The fourth-order valence-electron chi connectivity index (χ4n) is 2.08. The van der Waals surface area contributed by atoms with Crippen LogP contribution in [0, 0.1) is 13.8 Å². The Balaban J connectivity index is 1.77. The number of carbonyl (C=O) groups is 1. The Kier molecular flexibility index (Phi) is 4.90. The van der Waals surface area contributed by atoms with Crippen LogP contribution in [0.15, 0.2) is 0 Å². The van der Waals surface area contributed by atoms with Crippen LogP contribution in [0.3, 0.4) is 0 Å². The minimum absolute atomic E-state index is 0.0113. The molecule has 5 nitrogen and oxygen atoms in total. The molecule has 0 spiro atoms. The third-order valence-corrected chi connectivity index (χ3v) is 4.44. The number of aromatic nitrogens is 1. The molecule has 2 atom stereocenters. The number of hydrogen-bond donors (Lipinski definition) is 2. The SMILES string of the molecule is Cc1nc(CCNC(=O)[C@H]2NCCO[C@@H]2C)sc1C. The van der Waals surface area contributed by atoms with E-state index < -0.39 is 0 Å². The fraction of sp³-hybridized carbons (Fsp3) is 0.692. The topological polar surface area (TPSA) is 63.2 Å². The molecule has 1 aliphatic heterocycles. The van der Waals surface area contributed by atoms with Crippen molar-refractivity contribution in [1.82, 2.24) is 15.6 Å². The highest BCUT2D eigenvalue weighted by Crippen LogP contribution is 2.16. The van der Waals surface area contributed by atoms with Gasteiger partial charge >= 0.3 is 0 Å². The van der Waals surface area contributed by atoms with Crippen molar-refractivity contribution in [2.75, 3.05) is 19.7 Å². The maximum atomic E-state index is 12.0. The van der Waals surface area contributed by atoms with E-state index in [-0.39, 0.29) is 18.1 Å². The molecule has 2 N–H and O–H groups in total. The Hall–Kier alpha value is -0.980. The van der Waals surface area contributed by atoms with Crippen molar-refractivity contribution < 1.29 is 9.53 Å². The van der Waals surface area contributed by atoms with E-state index in [4.69, 9.17) is 4.74 Å². The number of amides is 1. The largest absolute Gasteiger partial charge is 0.375 e. The first-order chi connectivity index (χ1) is 9.08. The van der Waals surface area contributed by atoms with Gasteiger partial charge in [0.1, 0.15) is 6.04 Å². The smallest absolute Gasteiger partial charge is 0.239 e. The molecule has 1 aromatic heterocycles. The van der Waals surface area contributed by atoms with Gasteiger partial charge in [-0.15, -0.1) is 11.3 Å². The van der Waals surface area contributed by atoms with Gasteiger partial charge in [0.05, 0.1) is 23.4 Å². The third kappa shape index (κ3) is 3.75. The van der Waals surface area contributed by atoms with Gasteiger partial charge in [-0.25, -0.2) is 4.98 Å². The van der Waals surface area contributed by atoms with E-state index in [0.29, 0.717) is 13.2 Å². The number of carbonyl (C=O) groups excluding carboxylic acids is 1. The molecule has 6 heteroatoms. The fourth-order valence-corrected chi connectivity index (χ4v) is 3.01. The molecule has 1 aliphatic rings. The van der Waals surface area contributed by atoms with Crippen LogP contribution in [-0.2, 0) is 16.0 Å². The van der Waals surface area contributed by atoms with Crippen molar-refractivity contribution >= 4 is 17.2 Å². The molecule has 0 radical (unpaired) electrons. The van der Waals surface area contributed by atoms with Crippen molar-refractivity contribution in [2.45, 2.75) is 39.3 Å². The van der Waals surface area contributed by atoms with Gasteiger partial charge in [0.15, 0.2) is 0 Å². The molecule has 0 unspecified atom stereocenters. The molecule has 2 rings (SSSR count). The number of morpholine rings is 1. The van der Waals surface area contributed by atoms with Gasteiger partial charge in [0.2, 0.25) is 5.91 Å². The van der Waals surface area contributed by atoms with Crippen LogP contribution < -0.4 is 10.6 Å². The van der Waals surface area contributed by atoms with Gasteiger partial charge in [-0.05, 0) is 20.8 Å². The summed E-state index contributed by atoms with van der Waals surface area (Å²) in [7, 11) is 0. The van der Waals surface area contributed by atoms with Crippen LogP contribution >= 0.6 is 11.3 Å². The maximum absolute atomic E-state index is 12.0. The lowest BCUT2D eigenvalue weighted by atomic mass is 10.1. The minimum atomic E-state index is -0.242. The first kappa shape index (κ1) is 14.4. The lowest BCUT2D eigenvalue weighted by molar-refractivity contribution is -0.128. The van der Waals surface area contributed by atoms with E-state index in [0.717, 1.165) is 23.7 Å². The summed E-state index contributed by atoms with van der Waals surface area (Å²) in [6.07, 6.45) is 0.714. The summed E-state index contributed by atoms with van der Waals surface area (Å²) in [6, 6.07) is -0.242. The van der Waals surface area contributed by atoms with Crippen LogP contribution in [0.2, 0.25) is 0 Å². The minimum Gasteiger partial charge on any atom is -0.375 e. The van der Waals surface area contributed by atoms with Crippen molar-refractivity contribution in [1.29, 1.82) is 0 Å². The second-order valence-electron chi connectivity index (χ2n) is 4.80. The highest BCUT2D eigenvalue weighted by Gasteiger charge is 2.27. The van der Waals surface area contributed by atoms with E-state index in [2.05, 4.69) is 22.5 Å². The van der Waals surface area contributed by atoms with Gasteiger partial charge in [0, 0.05) is 24.4 Å². The highest BCUT2D eigenvalue weighted by atomic mass is 32.1. The van der Waals surface area contributed by atoms with Gasteiger partial charge in [-0.2, -0.15) is 0 Å². The molecular weight excluding hydrogens is 262 g/mol. The van der Waals surface area contributed by atoms with E-state index >= 15 is 0 Å². The number of nitrogens with zero attached hydrogens (tertiary/aromatic N) is 1. The van der Waals surface area contributed by atoms with Crippen molar-refractivity contribution in [3.05, 3.63) is 15.6 Å². The zero-order valence-corrected chi connectivity index (χ0v) is 12.5. The lowest BCUT2D eigenvalue weighted by Gasteiger charge is -2.29. The molecule has 0 aromatic carbocycles. The number of nitrogens with one attached hydrogen (secondary N) is 2. The number of ether oxygens (including phenoxy) is 1. The summed E-state index contributed by atoms with van der Waals surface area (Å²) >= 11 is 1.70. The van der Waals surface area contributed by atoms with Crippen molar-refractivity contribution in [2.24, 2.45) is 0 Å². The first-order valence-corrected chi connectivity index (χ1v) is 7.45. The molecule has 1 fully saturated rings. The Morgan fingerprint density at radius 2 is 2.37 bits per heavy atom. The second kappa shape index (κ2) is 6.45. The average Bonchev–Trinajstić information content (AvgIpc) is 2.69. The summed E-state index contributed by atoms with van der Waals surface area (Å²) in [4.78, 5) is 17.7. The summed E-state index contributed by atoms with van der Waals surface area (Å²) in [6.45, 7) is 8.02. The average molecular weight is 283 g/mol. The Bertz CT molecular complexity index is 428. The number of hydrogen-bond acceptors (Lipinski definition) is 5. The van der Waals surface area contributed by atoms with Crippen LogP contribution in [0.25, 0.3) is 0 Å². The summed E-state index contributed by atoms with van der Waals surface area (Å²) in [5.74, 6) is 0.0113. The van der Waals surface area contributed by atoms with Gasteiger partial charge in [0.25, 0.3) is 0 Å². The molecule has 1 aromatic rings. The van der Waals surface area contributed by atoms with Crippen LogP contribution in [0.5, 0.6) is 0 Å². The Labute approximate surface area is 117 Å². The summed E-state index contributed by atoms with van der Waals surface area (Å²) in [5, 5.41) is 7.21. The van der Waals surface area contributed by atoms with Crippen LogP contribution in [-0.4, -0.2) is 42.7 Å². The number of rotatable bonds is 4. The van der Waals surface area contributed by atoms with E-state index in [1.807, 2.05) is 13.8 Å². The molecule has 1 amide bonds. The second-order valence-corrected chi connectivity index (χ2v) is 6.09. The predicted molar refractivity (Wildman–Crippen MR) is 75.5 cm³/mol. The Morgan fingerprint density at radius 3 is 3.00 bits per heavy atom. The molecule has 2 heterocycles. The van der Waals surface area contributed by atoms with E-state index in [9.17, 15) is 4.79 Å². The normalized spacial score (nSPS) is 23.3. The van der Waals surface area contributed by atoms with Crippen LogP contribution in [0.1, 0.15) is 22.5 Å². The highest BCUT2D eigenvalue weighted by molar-refractivity contribution is 7.11.